The molecule has 104 valence electrons. The van der Waals surface area contributed by atoms with Gasteiger partial charge in [0.15, 0.2) is 0 Å². The smallest absolute Gasteiger partial charge is 0.124 e. The highest BCUT2D eigenvalue weighted by Gasteiger charge is 2.13. The van der Waals surface area contributed by atoms with Crippen molar-refractivity contribution in [1.82, 2.24) is 5.32 Å². The fourth-order valence-electron chi connectivity index (χ4n) is 2.03. The minimum Gasteiger partial charge on any atom is -0.492 e. The molecular formula is C17H25NO. The van der Waals surface area contributed by atoms with Crippen molar-refractivity contribution in [3.8, 4) is 17.6 Å². The SMILES string of the molecule is CC#CCCOc1ccccc1C(CC)NCCC. The number of rotatable bonds is 8. The molecule has 0 aliphatic carbocycles. The minimum atomic E-state index is 0.369. The third kappa shape index (κ3) is 5.36. The van der Waals surface area contributed by atoms with Crippen LogP contribution in [0.3, 0.4) is 0 Å². The van der Waals surface area contributed by atoms with Crippen molar-refractivity contribution in [3.05, 3.63) is 29.8 Å². The first-order chi connectivity index (χ1) is 9.33. The van der Waals surface area contributed by atoms with Crippen LogP contribution < -0.4 is 10.1 Å². The van der Waals surface area contributed by atoms with Crippen LogP contribution >= 0.6 is 0 Å². The molecule has 2 heteroatoms. The Hall–Kier alpha value is -1.46. The molecule has 0 aliphatic rings. The molecular weight excluding hydrogens is 234 g/mol. The van der Waals surface area contributed by atoms with Crippen LogP contribution in [0.1, 0.15) is 51.6 Å². The van der Waals surface area contributed by atoms with Crippen molar-refractivity contribution in [2.24, 2.45) is 0 Å². The first-order valence-electron chi connectivity index (χ1n) is 7.18. The third-order valence-electron chi connectivity index (χ3n) is 3.00. The van der Waals surface area contributed by atoms with Gasteiger partial charge in [-0.15, -0.1) is 11.8 Å². The summed E-state index contributed by atoms with van der Waals surface area (Å²) < 4.78 is 5.86. The van der Waals surface area contributed by atoms with Gasteiger partial charge in [0.1, 0.15) is 5.75 Å². The number of nitrogens with one attached hydrogen (secondary N) is 1. The molecule has 1 aromatic carbocycles. The lowest BCUT2D eigenvalue weighted by Crippen LogP contribution is -2.22. The van der Waals surface area contributed by atoms with Crippen LogP contribution in [0, 0.1) is 11.8 Å². The van der Waals surface area contributed by atoms with Gasteiger partial charge in [0.25, 0.3) is 0 Å². The molecule has 1 unspecified atom stereocenters. The molecule has 0 radical (unpaired) electrons. The largest absolute Gasteiger partial charge is 0.492 e. The number of hydrogen-bond acceptors (Lipinski definition) is 2. The molecule has 0 fully saturated rings. The number of para-hydroxylation sites is 1. The predicted octanol–water partition coefficient (Wildman–Crippen LogP) is 3.93. The molecule has 1 aromatic rings. The number of hydrogen-bond donors (Lipinski definition) is 1. The first-order valence-corrected chi connectivity index (χ1v) is 7.18. The molecule has 1 N–H and O–H groups in total. The van der Waals surface area contributed by atoms with E-state index in [1.54, 1.807) is 0 Å². The summed E-state index contributed by atoms with van der Waals surface area (Å²) in [5.41, 5.74) is 1.25. The van der Waals surface area contributed by atoms with Gasteiger partial charge in [-0.1, -0.05) is 32.0 Å². The topological polar surface area (TPSA) is 21.3 Å². The molecule has 0 spiro atoms. The number of ether oxygens (including phenoxy) is 1. The van der Waals surface area contributed by atoms with Crippen LogP contribution in [-0.4, -0.2) is 13.2 Å². The zero-order chi connectivity index (χ0) is 13.9. The second kappa shape index (κ2) is 9.47. The summed E-state index contributed by atoms with van der Waals surface area (Å²) in [4.78, 5) is 0. The van der Waals surface area contributed by atoms with Gasteiger partial charge in [0.05, 0.1) is 6.61 Å². The lowest BCUT2D eigenvalue weighted by atomic mass is 10.0. The van der Waals surface area contributed by atoms with Gasteiger partial charge in [0, 0.05) is 18.0 Å². The standard InChI is InChI=1S/C17H25NO/c1-4-7-10-14-19-17-12-9-8-11-15(17)16(6-3)18-13-5-2/h8-9,11-12,16,18H,5-6,10,13-14H2,1-3H3. The van der Waals surface area contributed by atoms with E-state index in [1.807, 2.05) is 19.1 Å². The van der Waals surface area contributed by atoms with E-state index < -0.39 is 0 Å². The van der Waals surface area contributed by atoms with Crippen LogP contribution in [-0.2, 0) is 0 Å². The lowest BCUT2D eigenvalue weighted by molar-refractivity contribution is 0.318. The minimum absolute atomic E-state index is 0.369. The molecule has 1 atom stereocenters. The normalized spacial score (nSPS) is 11.5. The highest BCUT2D eigenvalue weighted by Crippen LogP contribution is 2.27. The summed E-state index contributed by atoms with van der Waals surface area (Å²) in [5.74, 6) is 6.90. The highest BCUT2D eigenvalue weighted by molar-refractivity contribution is 5.36. The van der Waals surface area contributed by atoms with Gasteiger partial charge >= 0.3 is 0 Å². The molecule has 1 rings (SSSR count). The molecule has 0 heterocycles. The van der Waals surface area contributed by atoms with Gasteiger partial charge in [0.2, 0.25) is 0 Å². The van der Waals surface area contributed by atoms with E-state index in [4.69, 9.17) is 4.74 Å². The van der Waals surface area contributed by atoms with E-state index >= 15 is 0 Å². The quantitative estimate of drug-likeness (QED) is 0.564. The van der Waals surface area contributed by atoms with Crippen molar-refractivity contribution in [2.45, 2.75) is 46.1 Å². The molecule has 0 aliphatic heterocycles. The van der Waals surface area contributed by atoms with E-state index in [2.05, 4.69) is 43.1 Å². The van der Waals surface area contributed by atoms with E-state index in [-0.39, 0.29) is 0 Å². The Morgan fingerprint density at radius 1 is 1.26 bits per heavy atom. The van der Waals surface area contributed by atoms with Crippen molar-refractivity contribution in [3.63, 3.8) is 0 Å². The monoisotopic (exact) mass is 259 g/mol. The van der Waals surface area contributed by atoms with Gasteiger partial charge in [-0.25, -0.2) is 0 Å². The Balaban J connectivity index is 2.71. The Morgan fingerprint density at radius 2 is 2.05 bits per heavy atom. The summed E-state index contributed by atoms with van der Waals surface area (Å²) in [6.45, 7) is 7.93. The van der Waals surface area contributed by atoms with Crippen LogP contribution in [0.4, 0.5) is 0 Å². The predicted molar refractivity (Wildman–Crippen MR) is 81.3 cm³/mol. The van der Waals surface area contributed by atoms with Crippen LogP contribution in [0.5, 0.6) is 5.75 Å². The average Bonchev–Trinajstić information content (AvgIpc) is 2.45. The fraction of sp³-hybridized carbons (Fsp3) is 0.529. The second-order valence-electron chi connectivity index (χ2n) is 4.48. The second-order valence-corrected chi connectivity index (χ2v) is 4.48. The Kier molecular flexibility index (Phi) is 7.77. The van der Waals surface area contributed by atoms with Gasteiger partial charge in [-0.05, 0) is 32.4 Å². The molecule has 19 heavy (non-hydrogen) atoms. The maximum atomic E-state index is 5.86. The van der Waals surface area contributed by atoms with E-state index in [9.17, 15) is 0 Å². The highest BCUT2D eigenvalue weighted by atomic mass is 16.5. The molecule has 0 bridgehead atoms. The summed E-state index contributed by atoms with van der Waals surface area (Å²) in [6.07, 6.45) is 2.99. The first kappa shape index (κ1) is 15.6. The third-order valence-corrected chi connectivity index (χ3v) is 3.00. The van der Waals surface area contributed by atoms with Gasteiger partial charge in [-0.3, -0.25) is 0 Å². The van der Waals surface area contributed by atoms with Crippen molar-refractivity contribution in [2.75, 3.05) is 13.2 Å². The Morgan fingerprint density at radius 3 is 2.74 bits per heavy atom. The molecule has 0 aromatic heterocycles. The summed E-state index contributed by atoms with van der Waals surface area (Å²) in [7, 11) is 0. The maximum absolute atomic E-state index is 5.86. The summed E-state index contributed by atoms with van der Waals surface area (Å²) >= 11 is 0. The Labute approximate surface area is 117 Å². The summed E-state index contributed by atoms with van der Waals surface area (Å²) in [6, 6.07) is 8.66. The zero-order valence-corrected chi connectivity index (χ0v) is 12.3. The van der Waals surface area contributed by atoms with Crippen LogP contribution in [0.2, 0.25) is 0 Å². The molecule has 2 nitrogen and oxygen atoms in total. The fourth-order valence-corrected chi connectivity index (χ4v) is 2.03. The molecule has 0 saturated carbocycles. The van der Waals surface area contributed by atoms with Crippen molar-refractivity contribution >= 4 is 0 Å². The Bertz CT molecular complexity index is 417. The van der Waals surface area contributed by atoms with Crippen LogP contribution in [0.15, 0.2) is 24.3 Å². The van der Waals surface area contributed by atoms with Crippen LogP contribution in [0.25, 0.3) is 0 Å². The lowest BCUT2D eigenvalue weighted by Gasteiger charge is -2.20. The van der Waals surface area contributed by atoms with Crippen molar-refractivity contribution < 1.29 is 4.74 Å². The van der Waals surface area contributed by atoms with E-state index in [1.165, 1.54) is 5.56 Å². The molecule has 0 saturated heterocycles. The summed E-state index contributed by atoms with van der Waals surface area (Å²) in [5, 5.41) is 3.57. The van der Waals surface area contributed by atoms with Crippen molar-refractivity contribution in [1.29, 1.82) is 0 Å². The average molecular weight is 259 g/mol. The molecule has 0 amide bonds. The van der Waals surface area contributed by atoms with Gasteiger partial charge in [-0.2, -0.15) is 0 Å². The van der Waals surface area contributed by atoms with E-state index in [0.29, 0.717) is 12.6 Å². The number of benzene rings is 1. The van der Waals surface area contributed by atoms with E-state index in [0.717, 1.165) is 31.6 Å². The van der Waals surface area contributed by atoms with Gasteiger partial charge < -0.3 is 10.1 Å². The zero-order valence-electron chi connectivity index (χ0n) is 12.3. The maximum Gasteiger partial charge on any atom is 0.124 e.